The van der Waals surface area contributed by atoms with Gasteiger partial charge in [0.2, 0.25) is 0 Å². The highest BCUT2D eigenvalue weighted by Crippen LogP contribution is 2.01. The Labute approximate surface area is 122 Å². The third-order valence-electron chi connectivity index (χ3n) is 3.34. The third-order valence-corrected chi connectivity index (χ3v) is 3.34. The van der Waals surface area contributed by atoms with Gasteiger partial charge in [-0.3, -0.25) is 9.69 Å². The maximum absolute atomic E-state index is 12.3. The SMILES string of the molecule is CC(C)N(CCCO)CC(=O)n1nc2ccccn2c1=O. The standard InChI is InChI=1S/C14H20N4O3/c1-11(2)16(7-5-9-19)10-13(20)18-14(21)17-8-4-3-6-12(17)15-18/h3-4,6,8,11,19H,5,7,9-10H2,1-2H3. The minimum atomic E-state index is -0.457. The van der Waals surface area contributed by atoms with Gasteiger partial charge >= 0.3 is 5.69 Å². The molecule has 0 aromatic carbocycles. The van der Waals surface area contributed by atoms with Crippen LogP contribution in [0, 0.1) is 0 Å². The van der Waals surface area contributed by atoms with Gasteiger partial charge in [0.15, 0.2) is 5.65 Å². The number of hydrogen-bond donors (Lipinski definition) is 1. The van der Waals surface area contributed by atoms with E-state index in [1.807, 2.05) is 18.7 Å². The number of aliphatic hydroxyl groups is 1. The molecule has 0 bridgehead atoms. The molecular weight excluding hydrogens is 272 g/mol. The van der Waals surface area contributed by atoms with Gasteiger partial charge in [-0.1, -0.05) is 6.07 Å². The fourth-order valence-corrected chi connectivity index (χ4v) is 2.12. The number of aliphatic hydroxyl groups excluding tert-OH is 1. The fourth-order valence-electron chi connectivity index (χ4n) is 2.12. The number of aromatic nitrogens is 3. The number of pyridine rings is 1. The van der Waals surface area contributed by atoms with Crippen LogP contribution >= 0.6 is 0 Å². The summed E-state index contributed by atoms with van der Waals surface area (Å²) in [7, 11) is 0. The monoisotopic (exact) mass is 292 g/mol. The Hall–Kier alpha value is -1.99. The lowest BCUT2D eigenvalue weighted by Crippen LogP contribution is -2.41. The summed E-state index contributed by atoms with van der Waals surface area (Å²) in [4.78, 5) is 26.3. The molecule has 0 fully saturated rings. The van der Waals surface area contributed by atoms with Gasteiger partial charge in [-0.2, -0.15) is 0 Å². The van der Waals surface area contributed by atoms with E-state index in [0.29, 0.717) is 18.6 Å². The normalized spacial score (nSPS) is 11.7. The summed E-state index contributed by atoms with van der Waals surface area (Å²) in [5.74, 6) is -0.365. The van der Waals surface area contributed by atoms with E-state index in [-0.39, 0.29) is 25.1 Å². The zero-order chi connectivity index (χ0) is 15.4. The predicted molar refractivity (Wildman–Crippen MR) is 78.5 cm³/mol. The molecule has 0 aliphatic heterocycles. The summed E-state index contributed by atoms with van der Waals surface area (Å²) >= 11 is 0. The Kier molecular flexibility index (Phi) is 4.87. The van der Waals surface area contributed by atoms with Crippen molar-refractivity contribution in [1.82, 2.24) is 19.1 Å². The molecule has 0 saturated carbocycles. The Morgan fingerprint density at radius 1 is 1.43 bits per heavy atom. The minimum absolute atomic E-state index is 0.0751. The van der Waals surface area contributed by atoms with Gasteiger partial charge in [0, 0.05) is 25.4 Å². The molecule has 2 aromatic heterocycles. The molecule has 2 heterocycles. The summed E-state index contributed by atoms with van der Waals surface area (Å²) in [6.45, 7) is 4.71. The summed E-state index contributed by atoms with van der Waals surface area (Å²) in [5, 5.41) is 13.0. The fraction of sp³-hybridized carbons (Fsp3) is 0.500. The molecule has 21 heavy (non-hydrogen) atoms. The summed E-state index contributed by atoms with van der Waals surface area (Å²) in [5.41, 5.74) is -0.0104. The molecular formula is C14H20N4O3. The largest absolute Gasteiger partial charge is 0.396 e. The number of hydrogen-bond acceptors (Lipinski definition) is 5. The average molecular weight is 292 g/mol. The lowest BCUT2D eigenvalue weighted by atomic mass is 10.3. The van der Waals surface area contributed by atoms with Crippen molar-refractivity contribution >= 4 is 11.6 Å². The van der Waals surface area contributed by atoms with E-state index >= 15 is 0 Å². The zero-order valence-corrected chi connectivity index (χ0v) is 12.3. The highest BCUT2D eigenvalue weighted by Gasteiger charge is 2.18. The molecule has 2 rings (SSSR count). The highest BCUT2D eigenvalue weighted by molar-refractivity contribution is 5.80. The van der Waals surface area contributed by atoms with Crippen LogP contribution in [0.4, 0.5) is 0 Å². The van der Waals surface area contributed by atoms with Crippen LogP contribution < -0.4 is 5.69 Å². The Morgan fingerprint density at radius 3 is 2.81 bits per heavy atom. The molecule has 0 spiro atoms. The lowest BCUT2D eigenvalue weighted by Gasteiger charge is -2.24. The topological polar surface area (TPSA) is 79.8 Å². The van der Waals surface area contributed by atoms with Crippen molar-refractivity contribution in [2.75, 3.05) is 19.7 Å². The van der Waals surface area contributed by atoms with Crippen LogP contribution in [-0.4, -0.2) is 55.8 Å². The number of nitrogens with zero attached hydrogens (tertiary/aromatic N) is 4. The molecule has 0 saturated heterocycles. The van der Waals surface area contributed by atoms with Gasteiger partial charge in [-0.05, 0) is 32.4 Å². The van der Waals surface area contributed by atoms with E-state index in [0.717, 1.165) is 4.68 Å². The Balaban J connectivity index is 2.21. The average Bonchev–Trinajstić information content (AvgIpc) is 2.81. The van der Waals surface area contributed by atoms with Crippen molar-refractivity contribution in [3.63, 3.8) is 0 Å². The first-order valence-corrected chi connectivity index (χ1v) is 6.99. The molecule has 0 amide bonds. The van der Waals surface area contributed by atoms with Crippen molar-refractivity contribution in [3.8, 4) is 0 Å². The molecule has 0 aliphatic carbocycles. The zero-order valence-electron chi connectivity index (χ0n) is 12.3. The van der Waals surface area contributed by atoms with E-state index in [2.05, 4.69) is 5.10 Å². The first kappa shape index (κ1) is 15.4. The summed E-state index contributed by atoms with van der Waals surface area (Å²) < 4.78 is 2.25. The van der Waals surface area contributed by atoms with Gasteiger partial charge in [0.25, 0.3) is 5.91 Å². The first-order valence-electron chi connectivity index (χ1n) is 6.99. The minimum Gasteiger partial charge on any atom is -0.396 e. The molecule has 114 valence electrons. The van der Waals surface area contributed by atoms with Gasteiger partial charge in [0.1, 0.15) is 0 Å². The summed E-state index contributed by atoms with van der Waals surface area (Å²) in [6.07, 6.45) is 2.17. The molecule has 0 atom stereocenters. The highest BCUT2D eigenvalue weighted by atomic mass is 16.3. The quantitative estimate of drug-likeness (QED) is 0.824. The van der Waals surface area contributed by atoms with Crippen molar-refractivity contribution in [1.29, 1.82) is 0 Å². The van der Waals surface area contributed by atoms with E-state index in [1.54, 1.807) is 24.4 Å². The van der Waals surface area contributed by atoms with Crippen molar-refractivity contribution in [2.45, 2.75) is 26.3 Å². The number of carbonyl (C=O) groups is 1. The van der Waals surface area contributed by atoms with Crippen LogP contribution in [0.25, 0.3) is 5.65 Å². The Morgan fingerprint density at radius 2 is 2.19 bits per heavy atom. The smallest absolute Gasteiger partial charge is 0.357 e. The second-order valence-electron chi connectivity index (χ2n) is 5.16. The number of carbonyl (C=O) groups excluding carboxylic acids is 1. The van der Waals surface area contributed by atoms with Crippen LogP contribution in [0.1, 0.15) is 25.1 Å². The van der Waals surface area contributed by atoms with Gasteiger partial charge in [0.05, 0.1) is 6.54 Å². The third kappa shape index (κ3) is 3.37. The van der Waals surface area contributed by atoms with Gasteiger partial charge < -0.3 is 5.11 Å². The Bertz CT molecular complexity index is 674. The van der Waals surface area contributed by atoms with Crippen LogP contribution in [0.2, 0.25) is 0 Å². The predicted octanol–water partition coefficient (Wildman–Crippen LogP) is 0.229. The van der Waals surface area contributed by atoms with E-state index in [4.69, 9.17) is 5.11 Å². The molecule has 0 aliphatic rings. The van der Waals surface area contributed by atoms with Crippen molar-refractivity contribution < 1.29 is 9.90 Å². The molecule has 7 heteroatoms. The van der Waals surface area contributed by atoms with Crippen molar-refractivity contribution in [2.24, 2.45) is 0 Å². The molecule has 0 unspecified atom stereocenters. The maximum atomic E-state index is 12.3. The van der Waals surface area contributed by atoms with Crippen LogP contribution in [0.5, 0.6) is 0 Å². The van der Waals surface area contributed by atoms with Gasteiger partial charge in [-0.25, -0.2) is 9.20 Å². The van der Waals surface area contributed by atoms with E-state index < -0.39 is 5.69 Å². The first-order chi connectivity index (χ1) is 10.0. The second kappa shape index (κ2) is 6.64. The van der Waals surface area contributed by atoms with Crippen molar-refractivity contribution in [3.05, 3.63) is 34.9 Å². The summed E-state index contributed by atoms with van der Waals surface area (Å²) in [6, 6.07) is 5.30. The van der Waals surface area contributed by atoms with Gasteiger partial charge in [-0.15, -0.1) is 9.78 Å². The molecule has 0 radical (unpaired) electrons. The number of rotatable bonds is 6. The second-order valence-corrected chi connectivity index (χ2v) is 5.16. The molecule has 7 nitrogen and oxygen atoms in total. The lowest BCUT2D eigenvalue weighted by molar-refractivity contribution is 0.0793. The molecule has 1 N–H and O–H groups in total. The number of fused-ring (bicyclic) bond motifs is 1. The van der Waals surface area contributed by atoms with E-state index in [9.17, 15) is 9.59 Å². The van der Waals surface area contributed by atoms with Crippen LogP contribution in [0.3, 0.4) is 0 Å². The molecule has 2 aromatic rings. The maximum Gasteiger partial charge on any atom is 0.357 e. The van der Waals surface area contributed by atoms with Crippen LogP contribution in [0.15, 0.2) is 29.2 Å². The van der Waals surface area contributed by atoms with E-state index in [1.165, 1.54) is 4.40 Å². The van der Waals surface area contributed by atoms with Crippen LogP contribution in [-0.2, 0) is 0 Å².